The van der Waals surface area contributed by atoms with Gasteiger partial charge in [-0.25, -0.2) is 0 Å². The van der Waals surface area contributed by atoms with E-state index in [-0.39, 0.29) is 0 Å². The number of benzene rings is 2. The lowest BCUT2D eigenvalue weighted by Gasteiger charge is -2.14. The number of nitrogens with zero attached hydrogens (tertiary/aromatic N) is 1. The predicted molar refractivity (Wildman–Crippen MR) is 93.7 cm³/mol. The maximum Gasteiger partial charge on any atom is 0.213 e. The number of aryl methyl sites for hydroxylation is 1. The Kier molecular flexibility index (Phi) is 4.20. The highest BCUT2D eigenvalue weighted by Crippen LogP contribution is 2.37. The molecule has 0 aliphatic rings. The average molecular weight is 351 g/mol. The Bertz CT molecular complexity index is 885. The SMILES string of the molecule is Cc1ccc(Cl)c(Nc2ccccc2-c2nc(=S)[nH][nH]2)c1Cl. The van der Waals surface area contributed by atoms with Crippen LogP contribution in [0.4, 0.5) is 11.4 Å². The number of aromatic amines is 2. The molecule has 3 rings (SSSR count). The maximum absolute atomic E-state index is 6.36. The third-order valence-corrected chi connectivity index (χ3v) is 4.22. The fourth-order valence-corrected chi connectivity index (χ4v) is 2.71. The van der Waals surface area contributed by atoms with E-state index in [0.29, 0.717) is 26.3 Å². The zero-order valence-corrected chi connectivity index (χ0v) is 13.9. The summed E-state index contributed by atoms with van der Waals surface area (Å²) in [6.45, 7) is 1.93. The second kappa shape index (κ2) is 6.12. The third kappa shape index (κ3) is 2.88. The smallest absolute Gasteiger partial charge is 0.213 e. The van der Waals surface area contributed by atoms with Crippen LogP contribution in [0.15, 0.2) is 36.4 Å². The molecule has 0 atom stereocenters. The van der Waals surface area contributed by atoms with Crippen molar-refractivity contribution in [1.82, 2.24) is 15.2 Å². The van der Waals surface area contributed by atoms with E-state index in [1.54, 1.807) is 0 Å². The van der Waals surface area contributed by atoms with Crippen LogP contribution in [0.25, 0.3) is 11.4 Å². The minimum Gasteiger partial charge on any atom is -0.352 e. The third-order valence-electron chi connectivity index (χ3n) is 3.23. The zero-order chi connectivity index (χ0) is 15.7. The summed E-state index contributed by atoms with van der Waals surface area (Å²) in [4.78, 5) is 4.24. The van der Waals surface area contributed by atoms with Crippen LogP contribution in [-0.2, 0) is 0 Å². The predicted octanol–water partition coefficient (Wildman–Crippen LogP) is 5.49. The van der Waals surface area contributed by atoms with Gasteiger partial charge in [-0.15, -0.1) is 0 Å². The quantitative estimate of drug-likeness (QED) is 0.547. The molecule has 7 heteroatoms. The molecule has 0 fully saturated rings. The fraction of sp³-hybridized carbons (Fsp3) is 0.0667. The summed E-state index contributed by atoms with van der Waals surface area (Å²) in [6.07, 6.45) is 0. The molecule has 0 spiro atoms. The number of hydrogen-bond acceptors (Lipinski definition) is 3. The minimum atomic E-state index is 0.399. The Labute approximate surface area is 142 Å². The molecule has 3 aromatic rings. The van der Waals surface area contributed by atoms with Crippen LogP contribution in [0.1, 0.15) is 5.56 Å². The molecule has 0 aliphatic carbocycles. The summed E-state index contributed by atoms with van der Waals surface area (Å²) in [5, 5.41) is 10.2. The summed E-state index contributed by atoms with van der Waals surface area (Å²) in [5.41, 5.74) is 3.31. The number of rotatable bonds is 3. The molecule has 112 valence electrons. The molecule has 0 aliphatic heterocycles. The molecule has 2 aromatic carbocycles. The highest BCUT2D eigenvalue weighted by atomic mass is 35.5. The summed E-state index contributed by atoms with van der Waals surface area (Å²) < 4.78 is 0.399. The van der Waals surface area contributed by atoms with Crippen molar-refractivity contribution in [2.24, 2.45) is 0 Å². The van der Waals surface area contributed by atoms with Crippen LogP contribution in [0.2, 0.25) is 10.0 Å². The van der Waals surface area contributed by atoms with Gasteiger partial charge < -0.3 is 5.32 Å². The van der Waals surface area contributed by atoms with Gasteiger partial charge in [-0.05, 0) is 42.9 Å². The standard InChI is InChI=1S/C15H12Cl2N4S/c1-8-6-7-10(16)13(12(8)17)18-11-5-3-2-4-9(11)14-19-15(22)21-20-14/h2-7,18H,1H3,(H2,19,20,21,22). The van der Waals surface area contributed by atoms with Gasteiger partial charge in [0.15, 0.2) is 5.82 Å². The zero-order valence-electron chi connectivity index (χ0n) is 11.6. The molecule has 4 nitrogen and oxygen atoms in total. The Morgan fingerprint density at radius 2 is 1.86 bits per heavy atom. The molecular weight excluding hydrogens is 339 g/mol. The van der Waals surface area contributed by atoms with Crippen LogP contribution < -0.4 is 5.32 Å². The van der Waals surface area contributed by atoms with E-state index in [1.807, 2.05) is 43.3 Å². The molecule has 3 N–H and O–H groups in total. The van der Waals surface area contributed by atoms with Crippen LogP contribution >= 0.6 is 35.4 Å². The summed E-state index contributed by atoms with van der Waals surface area (Å²) >= 11 is 17.6. The van der Waals surface area contributed by atoms with E-state index in [4.69, 9.17) is 35.4 Å². The van der Waals surface area contributed by atoms with Gasteiger partial charge in [-0.1, -0.05) is 41.4 Å². The van der Waals surface area contributed by atoms with Crippen molar-refractivity contribution in [3.63, 3.8) is 0 Å². The van der Waals surface area contributed by atoms with Gasteiger partial charge in [-0.2, -0.15) is 4.98 Å². The Morgan fingerprint density at radius 3 is 2.59 bits per heavy atom. The highest BCUT2D eigenvalue weighted by Gasteiger charge is 2.12. The highest BCUT2D eigenvalue weighted by molar-refractivity contribution is 7.71. The summed E-state index contributed by atoms with van der Waals surface area (Å²) in [7, 11) is 0. The normalized spacial score (nSPS) is 10.7. The van der Waals surface area contributed by atoms with Crippen molar-refractivity contribution < 1.29 is 0 Å². The van der Waals surface area contributed by atoms with Gasteiger partial charge in [0, 0.05) is 11.3 Å². The van der Waals surface area contributed by atoms with Crippen LogP contribution in [0, 0.1) is 11.7 Å². The van der Waals surface area contributed by atoms with Crippen LogP contribution in [0.5, 0.6) is 0 Å². The molecule has 0 saturated carbocycles. The molecule has 0 saturated heterocycles. The van der Waals surface area contributed by atoms with E-state index in [9.17, 15) is 0 Å². The lowest BCUT2D eigenvalue weighted by atomic mass is 10.1. The van der Waals surface area contributed by atoms with Crippen molar-refractivity contribution >= 4 is 46.8 Å². The van der Waals surface area contributed by atoms with Crippen LogP contribution in [-0.4, -0.2) is 15.2 Å². The average Bonchev–Trinajstić information content (AvgIpc) is 2.94. The first-order chi connectivity index (χ1) is 10.6. The van der Waals surface area contributed by atoms with Gasteiger partial charge in [0.05, 0.1) is 15.7 Å². The van der Waals surface area contributed by atoms with E-state index in [2.05, 4.69) is 20.5 Å². The van der Waals surface area contributed by atoms with Crippen molar-refractivity contribution in [3.8, 4) is 11.4 Å². The van der Waals surface area contributed by atoms with E-state index in [0.717, 1.165) is 16.8 Å². The van der Waals surface area contributed by atoms with Crippen molar-refractivity contribution in [2.45, 2.75) is 6.92 Å². The molecule has 1 aromatic heterocycles. The van der Waals surface area contributed by atoms with Gasteiger partial charge in [0.2, 0.25) is 4.77 Å². The Hall–Kier alpha value is -1.82. The number of hydrogen-bond donors (Lipinski definition) is 3. The molecular formula is C15H12Cl2N4S. The van der Waals surface area contributed by atoms with Gasteiger partial charge in [0.25, 0.3) is 0 Å². The minimum absolute atomic E-state index is 0.399. The Morgan fingerprint density at radius 1 is 1.09 bits per heavy atom. The Balaban J connectivity index is 2.08. The topological polar surface area (TPSA) is 56.5 Å². The largest absolute Gasteiger partial charge is 0.352 e. The van der Waals surface area contributed by atoms with E-state index >= 15 is 0 Å². The number of anilines is 2. The number of para-hydroxylation sites is 1. The summed E-state index contributed by atoms with van der Waals surface area (Å²) in [6, 6.07) is 11.4. The second-order valence-electron chi connectivity index (χ2n) is 4.74. The molecule has 0 radical (unpaired) electrons. The van der Waals surface area contributed by atoms with Crippen LogP contribution in [0.3, 0.4) is 0 Å². The lowest BCUT2D eigenvalue weighted by Crippen LogP contribution is -1.97. The first kappa shape index (κ1) is 15.1. The van der Waals surface area contributed by atoms with E-state index in [1.165, 1.54) is 0 Å². The lowest BCUT2D eigenvalue weighted by molar-refractivity contribution is 1.08. The maximum atomic E-state index is 6.36. The van der Waals surface area contributed by atoms with Gasteiger partial charge >= 0.3 is 0 Å². The van der Waals surface area contributed by atoms with Crippen molar-refractivity contribution in [1.29, 1.82) is 0 Å². The summed E-state index contributed by atoms with van der Waals surface area (Å²) in [5.74, 6) is 0.646. The number of halogens is 2. The fourth-order valence-electron chi connectivity index (χ4n) is 2.10. The first-order valence-electron chi connectivity index (χ1n) is 6.52. The van der Waals surface area contributed by atoms with E-state index < -0.39 is 0 Å². The monoisotopic (exact) mass is 350 g/mol. The van der Waals surface area contributed by atoms with Gasteiger partial charge in [-0.3, -0.25) is 10.2 Å². The van der Waals surface area contributed by atoms with Crippen molar-refractivity contribution in [2.75, 3.05) is 5.32 Å². The van der Waals surface area contributed by atoms with Gasteiger partial charge in [0.1, 0.15) is 0 Å². The number of H-pyrrole nitrogens is 2. The first-order valence-corrected chi connectivity index (χ1v) is 7.68. The van der Waals surface area contributed by atoms with Crippen molar-refractivity contribution in [3.05, 3.63) is 56.8 Å². The molecule has 22 heavy (non-hydrogen) atoms. The molecule has 0 amide bonds. The number of nitrogens with one attached hydrogen (secondary N) is 3. The number of aromatic nitrogens is 3. The molecule has 0 bridgehead atoms. The second-order valence-corrected chi connectivity index (χ2v) is 5.91. The molecule has 1 heterocycles. The molecule has 0 unspecified atom stereocenters.